The van der Waals surface area contributed by atoms with Crippen LogP contribution in [0.25, 0.3) is 0 Å². The molecule has 0 aliphatic rings. The Kier molecular flexibility index (Phi) is 4.58. The molecular formula is C16H18FNO2. The molecule has 0 spiro atoms. The molecule has 106 valence electrons. The van der Waals surface area contributed by atoms with Gasteiger partial charge >= 0.3 is 0 Å². The van der Waals surface area contributed by atoms with Gasteiger partial charge in [0.15, 0.2) is 0 Å². The van der Waals surface area contributed by atoms with Crippen LogP contribution in [0.4, 0.5) is 4.39 Å². The lowest BCUT2D eigenvalue weighted by Gasteiger charge is -2.14. The molecule has 2 aromatic rings. The third-order valence-corrected chi connectivity index (χ3v) is 3.02. The van der Waals surface area contributed by atoms with E-state index in [0.29, 0.717) is 12.4 Å². The minimum Gasteiger partial charge on any atom is -0.497 e. The van der Waals surface area contributed by atoms with Crippen LogP contribution in [0, 0.1) is 5.82 Å². The highest BCUT2D eigenvalue weighted by Crippen LogP contribution is 2.26. The Morgan fingerprint density at radius 2 is 1.85 bits per heavy atom. The lowest BCUT2D eigenvalue weighted by atomic mass is 10.1. The van der Waals surface area contributed by atoms with E-state index in [1.54, 1.807) is 13.2 Å². The summed E-state index contributed by atoms with van der Waals surface area (Å²) in [5.74, 6) is 0.936. The summed E-state index contributed by atoms with van der Waals surface area (Å²) in [6.45, 7) is 2.20. The largest absolute Gasteiger partial charge is 0.497 e. The number of ether oxygens (including phenoxy) is 2. The van der Waals surface area contributed by atoms with Gasteiger partial charge in [-0.15, -0.1) is 0 Å². The smallest absolute Gasteiger partial charge is 0.127 e. The fraction of sp³-hybridized carbons (Fsp3) is 0.250. The summed E-state index contributed by atoms with van der Waals surface area (Å²) in [5, 5.41) is 0. The molecule has 0 aromatic heterocycles. The molecule has 0 radical (unpaired) electrons. The van der Waals surface area contributed by atoms with Gasteiger partial charge in [-0.3, -0.25) is 0 Å². The Balaban J connectivity index is 2.11. The van der Waals surface area contributed by atoms with Crippen LogP contribution < -0.4 is 15.2 Å². The monoisotopic (exact) mass is 275 g/mol. The molecule has 2 aromatic carbocycles. The van der Waals surface area contributed by atoms with Gasteiger partial charge in [0.25, 0.3) is 0 Å². The average molecular weight is 275 g/mol. The highest BCUT2D eigenvalue weighted by Gasteiger charge is 2.09. The number of methoxy groups -OCH3 is 1. The van der Waals surface area contributed by atoms with Crippen molar-refractivity contribution in [2.75, 3.05) is 7.11 Å². The van der Waals surface area contributed by atoms with Crippen LogP contribution in [0.1, 0.15) is 24.1 Å². The van der Waals surface area contributed by atoms with Crippen LogP contribution >= 0.6 is 0 Å². The quantitative estimate of drug-likeness (QED) is 0.909. The maximum Gasteiger partial charge on any atom is 0.127 e. The summed E-state index contributed by atoms with van der Waals surface area (Å²) < 4.78 is 24.1. The van der Waals surface area contributed by atoms with Gasteiger partial charge in [0.05, 0.1) is 7.11 Å². The van der Waals surface area contributed by atoms with Crippen LogP contribution in [0.5, 0.6) is 11.5 Å². The molecule has 0 amide bonds. The number of hydrogen-bond donors (Lipinski definition) is 1. The van der Waals surface area contributed by atoms with E-state index in [1.807, 2.05) is 31.2 Å². The van der Waals surface area contributed by atoms with Crippen LogP contribution in [0.2, 0.25) is 0 Å². The molecule has 4 heteroatoms. The van der Waals surface area contributed by atoms with Gasteiger partial charge < -0.3 is 15.2 Å². The minimum absolute atomic E-state index is 0.207. The first-order valence-corrected chi connectivity index (χ1v) is 6.41. The second-order valence-corrected chi connectivity index (χ2v) is 4.61. The van der Waals surface area contributed by atoms with Crippen molar-refractivity contribution in [1.29, 1.82) is 0 Å². The normalized spacial score (nSPS) is 12.0. The topological polar surface area (TPSA) is 44.5 Å². The van der Waals surface area contributed by atoms with Gasteiger partial charge in [0.1, 0.15) is 23.9 Å². The maximum absolute atomic E-state index is 13.3. The first kappa shape index (κ1) is 14.3. The van der Waals surface area contributed by atoms with Gasteiger partial charge in [-0.25, -0.2) is 4.39 Å². The van der Waals surface area contributed by atoms with Crippen molar-refractivity contribution < 1.29 is 13.9 Å². The summed E-state index contributed by atoms with van der Waals surface area (Å²) in [5.41, 5.74) is 7.62. The first-order valence-electron chi connectivity index (χ1n) is 6.41. The standard InChI is InChI=1S/C16H18FNO2/c1-11(18)15-8-5-13(17)9-16(15)20-10-12-3-6-14(19-2)7-4-12/h3-9,11H,10,18H2,1-2H3/t11-/m0/s1. The van der Waals surface area contributed by atoms with Crippen molar-refractivity contribution in [3.05, 3.63) is 59.4 Å². The van der Waals surface area contributed by atoms with Gasteiger partial charge in [0, 0.05) is 17.7 Å². The summed E-state index contributed by atoms with van der Waals surface area (Å²) in [6, 6.07) is 11.7. The molecule has 0 bridgehead atoms. The Labute approximate surface area is 118 Å². The molecule has 0 fully saturated rings. The zero-order valence-corrected chi connectivity index (χ0v) is 11.6. The predicted octanol–water partition coefficient (Wildman–Crippen LogP) is 3.43. The minimum atomic E-state index is -0.334. The van der Waals surface area contributed by atoms with Crippen molar-refractivity contribution in [3.8, 4) is 11.5 Å². The molecule has 2 rings (SSSR count). The number of rotatable bonds is 5. The number of nitrogens with two attached hydrogens (primary N) is 1. The van der Waals surface area contributed by atoms with Gasteiger partial charge in [-0.1, -0.05) is 18.2 Å². The second-order valence-electron chi connectivity index (χ2n) is 4.61. The molecule has 0 unspecified atom stereocenters. The number of halogens is 1. The lowest BCUT2D eigenvalue weighted by molar-refractivity contribution is 0.299. The predicted molar refractivity (Wildman–Crippen MR) is 76.3 cm³/mol. The Morgan fingerprint density at radius 3 is 2.45 bits per heavy atom. The maximum atomic E-state index is 13.3. The van der Waals surface area contributed by atoms with E-state index in [0.717, 1.165) is 16.9 Å². The van der Waals surface area contributed by atoms with Gasteiger partial charge in [-0.05, 0) is 30.7 Å². The molecular weight excluding hydrogens is 257 g/mol. The van der Waals surface area contributed by atoms with E-state index in [9.17, 15) is 4.39 Å². The van der Waals surface area contributed by atoms with Crippen molar-refractivity contribution >= 4 is 0 Å². The second kappa shape index (κ2) is 6.39. The molecule has 3 nitrogen and oxygen atoms in total. The lowest BCUT2D eigenvalue weighted by Crippen LogP contribution is -2.08. The highest BCUT2D eigenvalue weighted by atomic mass is 19.1. The number of hydrogen-bond acceptors (Lipinski definition) is 3. The van der Waals surface area contributed by atoms with Crippen molar-refractivity contribution in [3.63, 3.8) is 0 Å². The summed E-state index contributed by atoms with van der Waals surface area (Å²) in [6.07, 6.45) is 0. The first-order chi connectivity index (χ1) is 9.60. The van der Waals surface area contributed by atoms with E-state index in [2.05, 4.69) is 0 Å². The fourth-order valence-electron chi connectivity index (χ4n) is 1.89. The van der Waals surface area contributed by atoms with Crippen molar-refractivity contribution in [2.24, 2.45) is 5.73 Å². The van der Waals surface area contributed by atoms with Crippen LogP contribution in [0.3, 0.4) is 0 Å². The SMILES string of the molecule is COc1ccc(COc2cc(F)ccc2[C@H](C)N)cc1. The third kappa shape index (κ3) is 3.48. The molecule has 20 heavy (non-hydrogen) atoms. The molecule has 0 saturated carbocycles. The Bertz CT molecular complexity index is 567. The zero-order valence-electron chi connectivity index (χ0n) is 11.6. The summed E-state index contributed by atoms with van der Waals surface area (Å²) in [4.78, 5) is 0. The molecule has 0 heterocycles. The molecule has 0 aliphatic heterocycles. The van der Waals surface area contributed by atoms with Crippen molar-refractivity contribution in [2.45, 2.75) is 19.6 Å². The fourth-order valence-corrected chi connectivity index (χ4v) is 1.89. The molecule has 1 atom stereocenters. The van der Waals surface area contributed by atoms with Crippen LogP contribution in [-0.2, 0) is 6.61 Å². The van der Waals surface area contributed by atoms with E-state index < -0.39 is 0 Å². The number of benzene rings is 2. The summed E-state index contributed by atoms with van der Waals surface area (Å²) in [7, 11) is 1.62. The Hall–Kier alpha value is -2.07. The van der Waals surface area contributed by atoms with Gasteiger partial charge in [0.2, 0.25) is 0 Å². The van der Waals surface area contributed by atoms with E-state index in [4.69, 9.17) is 15.2 Å². The van der Waals surface area contributed by atoms with E-state index >= 15 is 0 Å². The van der Waals surface area contributed by atoms with Crippen LogP contribution in [0.15, 0.2) is 42.5 Å². The zero-order chi connectivity index (χ0) is 14.5. The van der Waals surface area contributed by atoms with E-state index in [-0.39, 0.29) is 11.9 Å². The molecule has 2 N–H and O–H groups in total. The average Bonchev–Trinajstić information content (AvgIpc) is 2.45. The molecule has 0 aliphatic carbocycles. The third-order valence-electron chi connectivity index (χ3n) is 3.02. The molecule has 0 saturated heterocycles. The van der Waals surface area contributed by atoms with Crippen molar-refractivity contribution in [1.82, 2.24) is 0 Å². The Morgan fingerprint density at radius 1 is 1.15 bits per heavy atom. The van der Waals surface area contributed by atoms with E-state index in [1.165, 1.54) is 12.1 Å². The van der Waals surface area contributed by atoms with Gasteiger partial charge in [-0.2, -0.15) is 0 Å². The highest BCUT2D eigenvalue weighted by molar-refractivity contribution is 5.36. The van der Waals surface area contributed by atoms with Crippen LogP contribution in [-0.4, -0.2) is 7.11 Å². The summed E-state index contributed by atoms with van der Waals surface area (Å²) >= 11 is 0.